The summed E-state index contributed by atoms with van der Waals surface area (Å²) in [5.41, 5.74) is 1.82. The molecule has 3 aromatic rings. The summed E-state index contributed by atoms with van der Waals surface area (Å²) in [6, 6.07) is 7.45. The summed E-state index contributed by atoms with van der Waals surface area (Å²) in [5.74, 6) is 0.116. The van der Waals surface area contributed by atoms with Crippen LogP contribution in [0.5, 0.6) is 0 Å². The number of imidazole rings is 1. The summed E-state index contributed by atoms with van der Waals surface area (Å²) in [6.07, 6.45) is 7.13. The highest BCUT2D eigenvalue weighted by atomic mass is 16.5. The Morgan fingerprint density at radius 3 is 2.72 bits per heavy atom. The van der Waals surface area contributed by atoms with Gasteiger partial charge < -0.3 is 14.6 Å². The third kappa shape index (κ3) is 3.69. The van der Waals surface area contributed by atoms with Crippen molar-refractivity contribution in [1.82, 2.24) is 24.8 Å². The second-order valence-corrected chi connectivity index (χ2v) is 7.28. The van der Waals surface area contributed by atoms with Crippen molar-refractivity contribution in [2.75, 3.05) is 7.11 Å². The maximum Gasteiger partial charge on any atom is 0.270 e. The molecule has 1 aliphatic carbocycles. The number of rotatable bonds is 4. The van der Waals surface area contributed by atoms with E-state index in [4.69, 9.17) is 4.74 Å². The number of nitrogens with zero attached hydrogens (tertiary/aromatic N) is 5. The van der Waals surface area contributed by atoms with Crippen LogP contribution in [-0.2, 0) is 11.8 Å². The Bertz CT molecular complexity index is 1090. The number of methoxy groups -OCH3 is 1. The first kappa shape index (κ1) is 19.0. The Balaban J connectivity index is 1.74. The molecule has 1 N–H and O–H groups in total. The van der Waals surface area contributed by atoms with Gasteiger partial charge in [-0.15, -0.1) is 0 Å². The molecule has 148 valence electrons. The van der Waals surface area contributed by atoms with Crippen LogP contribution >= 0.6 is 0 Å². The van der Waals surface area contributed by atoms with Gasteiger partial charge in [0.15, 0.2) is 5.82 Å². The topological polar surface area (TPSA) is 106 Å². The van der Waals surface area contributed by atoms with Gasteiger partial charge in [0.2, 0.25) is 0 Å². The molecule has 8 nitrogen and oxygen atoms in total. The number of ether oxygens (including phenoxy) is 1. The number of carbonyl (C=O) groups is 1. The number of para-hydroxylation sites is 1. The molecular weight excluding hydrogens is 368 g/mol. The van der Waals surface area contributed by atoms with E-state index in [0.29, 0.717) is 28.0 Å². The molecule has 29 heavy (non-hydrogen) atoms. The molecule has 0 bridgehead atoms. The Morgan fingerprint density at radius 1 is 1.28 bits per heavy atom. The van der Waals surface area contributed by atoms with Crippen LogP contribution in [0.4, 0.5) is 0 Å². The van der Waals surface area contributed by atoms with Crippen molar-refractivity contribution in [3.05, 3.63) is 42.0 Å². The van der Waals surface area contributed by atoms with Crippen LogP contribution in [0.3, 0.4) is 0 Å². The predicted molar refractivity (Wildman–Crippen MR) is 107 cm³/mol. The summed E-state index contributed by atoms with van der Waals surface area (Å²) in [7, 11) is 3.56. The maximum absolute atomic E-state index is 13.1. The van der Waals surface area contributed by atoms with Crippen molar-refractivity contribution in [2.45, 2.75) is 37.8 Å². The minimum atomic E-state index is -0.253. The van der Waals surface area contributed by atoms with Crippen molar-refractivity contribution in [3.63, 3.8) is 0 Å². The normalized spacial score (nSPS) is 19.1. The van der Waals surface area contributed by atoms with E-state index < -0.39 is 0 Å². The van der Waals surface area contributed by atoms with Crippen LogP contribution in [0.25, 0.3) is 22.4 Å². The number of nitriles is 1. The van der Waals surface area contributed by atoms with Crippen molar-refractivity contribution in [1.29, 1.82) is 5.26 Å². The molecule has 1 saturated carbocycles. The number of aromatic nitrogens is 4. The quantitative estimate of drug-likeness (QED) is 0.734. The summed E-state index contributed by atoms with van der Waals surface area (Å²) in [6.45, 7) is 0. The Morgan fingerprint density at radius 2 is 2.07 bits per heavy atom. The smallest absolute Gasteiger partial charge is 0.270 e. The first-order valence-corrected chi connectivity index (χ1v) is 9.62. The molecule has 1 aliphatic rings. The number of nitrogens with one attached hydrogen (secondary N) is 1. The maximum atomic E-state index is 13.1. The van der Waals surface area contributed by atoms with E-state index in [0.717, 1.165) is 25.7 Å². The SMILES string of the molecule is CO[C@H]1CC[C@H](NC(=O)c2nc(-c3cncn3C)nc3c(C#N)cccc23)CC1. The van der Waals surface area contributed by atoms with E-state index in [1.54, 1.807) is 42.4 Å². The molecule has 0 radical (unpaired) electrons. The fraction of sp³-hybridized carbons (Fsp3) is 0.381. The van der Waals surface area contributed by atoms with Crippen LogP contribution in [0.15, 0.2) is 30.7 Å². The van der Waals surface area contributed by atoms with Crippen molar-refractivity contribution >= 4 is 16.8 Å². The molecule has 4 rings (SSSR count). The predicted octanol–water partition coefficient (Wildman–Crippen LogP) is 2.59. The van der Waals surface area contributed by atoms with Crippen LogP contribution in [-0.4, -0.2) is 44.7 Å². The summed E-state index contributed by atoms with van der Waals surface area (Å²) in [4.78, 5) is 26.4. The number of benzene rings is 1. The molecule has 0 atom stereocenters. The Hall–Kier alpha value is -3.31. The molecule has 0 saturated heterocycles. The minimum Gasteiger partial charge on any atom is -0.381 e. The first-order chi connectivity index (χ1) is 14.1. The van der Waals surface area contributed by atoms with E-state index in [1.165, 1.54) is 0 Å². The van der Waals surface area contributed by atoms with E-state index in [1.807, 2.05) is 7.05 Å². The average molecular weight is 390 g/mol. The number of carbonyl (C=O) groups excluding carboxylic acids is 1. The van der Waals surface area contributed by atoms with E-state index in [2.05, 4.69) is 26.3 Å². The number of aryl methyl sites for hydroxylation is 1. The summed E-state index contributed by atoms with van der Waals surface area (Å²) in [5, 5.41) is 13.2. The summed E-state index contributed by atoms with van der Waals surface area (Å²) >= 11 is 0. The number of fused-ring (bicyclic) bond motifs is 1. The van der Waals surface area contributed by atoms with Gasteiger partial charge in [-0.2, -0.15) is 5.26 Å². The highest BCUT2D eigenvalue weighted by Crippen LogP contribution is 2.25. The molecule has 1 amide bonds. The third-order valence-corrected chi connectivity index (χ3v) is 5.45. The van der Waals surface area contributed by atoms with Gasteiger partial charge in [0.25, 0.3) is 5.91 Å². The standard InChI is InChI=1S/C21H22N6O2/c1-27-12-23-11-17(27)20-25-18-13(10-22)4-3-5-16(18)19(26-20)21(28)24-14-6-8-15(29-2)9-7-14/h3-5,11-12,14-15H,6-9H2,1-2H3,(H,24,28)/t14-,15-. The van der Waals surface area contributed by atoms with Gasteiger partial charge in [-0.25, -0.2) is 15.0 Å². The van der Waals surface area contributed by atoms with Crippen molar-refractivity contribution < 1.29 is 9.53 Å². The number of hydrogen-bond acceptors (Lipinski definition) is 6. The van der Waals surface area contributed by atoms with Crippen LogP contribution < -0.4 is 5.32 Å². The Kier molecular flexibility index (Phi) is 5.23. The van der Waals surface area contributed by atoms with Crippen LogP contribution in [0.2, 0.25) is 0 Å². The van der Waals surface area contributed by atoms with Crippen molar-refractivity contribution in [2.24, 2.45) is 7.05 Å². The number of hydrogen-bond donors (Lipinski definition) is 1. The molecular formula is C21H22N6O2. The summed E-state index contributed by atoms with van der Waals surface area (Å²) < 4.78 is 7.19. The molecule has 2 aromatic heterocycles. The zero-order valence-electron chi connectivity index (χ0n) is 16.4. The molecule has 1 aromatic carbocycles. The molecule has 2 heterocycles. The van der Waals surface area contributed by atoms with Gasteiger partial charge in [-0.3, -0.25) is 4.79 Å². The van der Waals surface area contributed by atoms with Gasteiger partial charge in [0.1, 0.15) is 17.5 Å². The lowest BCUT2D eigenvalue weighted by molar-refractivity contribution is 0.0598. The van der Waals surface area contributed by atoms with Gasteiger partial charge in [-0.05, 0) is 31.7 Å². The monoisotopic (exact) mass is 390 g/mol. The fourth-order valence-corrected chi connectivity index (χ4v) is 3.80. The van der Waals surface area contributed by atoms with Crippen LogP contribution in [0.1, 0.15) is 41.7 Å². The van der Waals surface area contributed by atoms with Crippen LogP contribution in [0, 0.1) is 11.3 Å². The Labute approximate surface area is 168 Å². The number of amides is 1. The van der Waals surface area contributed by atoms with Gasteiger partial charge >= 0.3 is 0 Å². The van der Waals surface area contributed by atoms with Gasteiger partial charge in [0, 0.05) is 25.6 Å². The molecule has 1 fully saturated rings. The van der Waals surface area contributed by atoms with Crippen molar-refractivity contribution in [3.8, 4) is 17.6 Å². The molecule has 8 heteroatoms. The molecule has 0 unspecified atom stereocenters. The second kappa shape index (κ2) is 7.97. The van der Waals surface area contributed by atoms with E-state index >= 15 is 0 Å². The molecule has 0 aliphatic heterocycles. The minimum absolute atomic E-state index is 0.0817. The highest BCUT2D eigenvalue weighted by molar-refractivity contribution is 6.06. The average Bonchev–Trinajstić information content (AvgIpc) is 3.18. The lowest BCUT2D eigenvalue weighted by atomic mass is 9.93. The third-order valence-electron chi connectivity index (χ3n) is 5.45. The van der Waals surface area contributed by atoms with Gasteiger partial charge in [-0.1, -0.05) is 12.1 Å². The second-order valence-electron chi connectivity index (χ2n) is 7.28. The zero-order valence-corrected chi connectivity index (χ0v) is 16.4. The lowest BCUT2D eigenvalue weighted by Crippen LogP contribution is -2.39. The zero-order chi connectivity index (χ0) is 20.4. The highest BCUT2D eigenvalue weighted by Gasteiger charge is 2.25. The van der Waals surface area contributed by atoms with E-state index in [-0.39, 0.29) is 23.7 Å². The van der Waals surface area contributed by atoms with Gasteiger partial charge in [0.05, 0.1) is 29.7 Å². The molecule has 0 spiro atoms. The lowest BCUT2D eigenvalue weighted by Gasteiger charge is -2.28. The first-order valence-electron chi connectivity index (χ1n) is 9.62. The van der Waals surface area contributed by atoms with E-state index in [9.17, 15) is 10.1 Å². The fourth-order valence-electron chi connectivity index (χ4n) is 3.80. The largest absolute Gasteiger partial charge is 0.381 e.